The van der Waals surface area contributed by atoms with Crippen molar-refractivity contribution in [1.29, 1.82) is 0 Å². The van der Waals surface area contributed by atoms with Crippen LogP contribution < -0.4 is 14.2 Å². The molecular formula is C36H48O5. The van der Waals surface area contributed by atoms with Crippen LogP contribution >= 0.6 is 0 Å². The van der Waals surface area contributed by atoms with Crippen molar-refractivity contribution in [2.24, 2.45) is 0 Å². The summed E-state index contributed by atoms with van der Waals surface area (Å²) < 4.78 is 19.1. The zero-order chi connectivity index (χ0) is 28.9. The summed E-state index contributed by atoms with van der Waals surface area (Å²) in [5.74, 6) is 3.27. The normalized spacial score (nSPS) is 14.3. The van der Waals surface area contributed by atoms with Gasteiger partial charge in [0.2, 0.25) is 0 Å². The van der Waals surface area contributed by atoms with Crippen LogP contribution in [0.15, 0.2) is 66.4 Å². The van der Waals surface area contributed by atoms with E-state index >= 15 is 0 Å². The average Bonchev–Trinajstić information content (AvgIpc) is 2.99. The number of ether oxygens (including phenoxy) is 3. The van der Waals surface area contributed by atoms with Gasteiger partial charge in [0.1, 0.15) is 36.2 Å². The van der Waals surface area contributed by atoms with Crippen LogP contribution in [0.3, 0.4) is 0 Å². The van der Waals surface area contributed by atoms with Crippen molar-refractivity contribution in [3.8, 4) is 17.2 Å². The van der Waals surface area contributed by atoms with Gasteiger partial charge in [-0.25, -0.2) is 0 Å². The van der Waals surface area contributed by atoms with Crippen molar-refractivity contribution in [1.82, 2.24) is 0 Å². The van der Waals surface area contributed by atoms with Crippen LogP contribution in [-0.4, -0.2) is 35.6 Å². The van der Waals surface area contributed by atoms with Crippen LogP contribution in [0.4, 0.5) is 0 Å². The van der Waals surface area contributed by atoms with Gasteiger partial charge in [-0.2, -0.15) is 0 Å². The van der Waals surface area contributed by atoms with Crippen molar-refractivity contribution in [2.75, 3.05) is 13.2 Å². The second-order valence-electron chi connectivity index (χ2n) is 11.3. The molecule has 0 fully saturated rings. The maximum Gasteiger partial charge on any atom is 0.131 e. The highest BCUT2D eigenvalue weighted by Crippen LogP contribution is 2.44. The number of allylic oxidation sites excluding steroid dienone is 2. The minimum atomic E-state index is -0.515. The van der Waals surface area contributed by atoms with Crippen LogP contribution in [-0.2, 0) is 12.8 Å². The van der Waals surface area contributed by atoms with Gasteiger partial charge in [0.25, 0.3) is 0 Å². The molecule has 1 aliphatic rings. The van der Waals surface area contributed by atoms with Gasteiger partial charge in [0, 0.05) is 28.3 Å². The van der Waals surface area contributed by atoms with Gasteiger partial charge in [0.05, 0.1) is 12.2 Å². The number of fused-ring (bicyclic) bond motifs is 2. The fourth-order valence-electron chi connectivity index (χ4n) is 5.53. The molecule has 0 aromatic heterocycles. The highest BCUT2D eigenvalue weighted by Gasteiger charge is 2.26. The molecule has 0 saturated carbocycles. The Morgan fingerprint density at radius 2 is 1.20 bits per heavy atom. The molecule has 2 unspecified atom stereocenters. The molecule has 41 heavy (non-hydrogen) atoms. The summed E-state index contributed by atoms with van der Waals surface area (Å²) >= 11 is 0. The van der Waals surface area contributed by atoms with Crippen molar-refractivity contribution in [3.05, 3.63) is 77.6 Å². The summed E-state index contributed by atoms with van der Waals surface area (Å²) in [6.45, 7) is 4.90. The molecule has 5 heteroatoms. The Morgan fingerprint density at radius 1 is 0.659 bits per heavy atom. The maximum absolute atomic E-state index is 10.7. The lowest BCUT2D eigenvalue weighted by atomic mass is 9.89. The van der Waals surface area contributed by atoms with Crippen molar-refractivity contribution < 1.29 is 24.4 Å². The second-order valence-corrected chi connectivity index (χ2v) is 11.3. The van der Waals surface area contributed by atoms with Crippen LogP contribution in [0.1, 0.15) is 89.2 Å². The Bertz CT molecular complexity index is 1240. The largest absolute Gasteiger partial charge is 0.490 e. The van der Waals surface area contributed by atoms with E-state index in [2.05, 4.69) is 32.1 Å². The second kappa shape index (κ2) is 16.4. The Balaban J connectivity index is 1.59. The molecule has 0 heterocycles. The predicted molar refractivity (Wildman–Crippen MR) is 167 cm³/mol. The third kappa shape index (κ3) is 8.98. The first-order valence-electron chi connectivity index (χ1n) is 15.7. The molecule has 222 valence electrons. The number of para-hydroxylation sites is 1. The molecule has 0 spiro atoms. The first-order chi connectivity index (χ1) is 20.1. The third-order valence-corrected chi connectivity index (χ3v) is 7.83. The molecule has 4 rings (SSSR count). The summed E-state index contributed by atoms with van der Waals surface area (Å²) in [6.07, 6.45) is 12.8. The summed E-state index contributed by atoms with van der Waals surface area (Å²) in [6, 6.07) is 18.0. The molecule has 0 radical (unpaired) electrons. The number of unbranched alkanes of at least 4 members (excludes halogenated alkanes) is 6. The van der Waals surface area contributed by atoms with E-state index in [-0.39, 0.29) is 13.2 Å². The molecular weight excluding hydrogens is 512 g/mol. The highest BCUT2D eigenvalue weighted by atomic mass is 16.5. The predicted octanol–water partition coefficient (Wildman–Crippen LogP) is 8.32. The Labute approximate surface area is 246 Å². The third-order valence-electron chi connectivity index (χ3n) is 7.83. The minimum Gasteiger partial charge on any atom is -0.490 e. The Morgan fingerprint density at radius 3 is 1.76 bits per heavy atom. The molecule has 2 N–H and O–H groups in total. The summed E-state index contributed by atoms with van der Waals surface area (Å²) in [5.41, 5.74) is 2.09. The monoisotopic (exact) mass is 560 g/mol. The molecule has 2 atom stereocenters. The van der Waals surface area contributed by atoms with Gasteiger partial charge in [0.15, 0.2) is 0 Å². The lowest BCUT2D eigenvalue weighted by molar-refractivity contribution is 0.0959. The zero-order valence-corrected chi connectivity index (χ0v) is 24.9. The van der Waals surface area contributed by atoms with Crippen LogP contribution in [0.5, 0.6) is 17.2 Å². The molecule has 5 nitrogen and oxygen atoms in total. The van der Waals surface area contributed by atoms with Gasteiger partial charge in [-0.3, -0.25) is 0 Å². The van der Waals surface area contributed by atoms with Crippen molar-refractivity contribution >= 4 is 10.8 Å². The number of benzene rings is 3. The molecule has 1 aliphatic carbocycles. The van der Waals surface area contributed by atoms with E-state index in [1.54, 1.807) is 0 Å². The van der Waals surface area contributed by atoms with E-state index in [4.69, 9.17) is 14.2 Å². The number of rotatable bonds is 18. The molecule has 0 aliphatic heterocycles. The summed E-state index contributed by atoms with van der Waals surface area (Å²) in [5, 5.41) is 23.3. The zero-order valence-electron chi connectivity index (χ0n) is 24.9. The molecule has 3 aromatic carbocycles. The van der Waals surface area contributed by atoms with E-state index in [1.165, 1.54) is 25.7 Å². The molecule has 0 amide bonds. The topological polar surface area (TPSA) is 68.2 Å². The van der Waals surface area contributed by atoms with Crippen LogP contribution in [0.2, 0.25) is 0 Å². The number of aliphatic hydroxyl groups excluding tert-OH is 2. The fraction of sp³-hybridized carbons (Fsp3) is 0.500. The lowest BCUT2D eigenvalue weighted by Crippen LogP contribution is -2.21. The molecule has 3 aromatic rings. The number of hydrogen-bond donors (Lipinski definition) is 2. The van der Waals surface area contributed by atoms with E-state index in [0.717, 1.165) is 83.4 Å². The van der Waals surface area contributed by atoms with Gasteiger partial charge >= 0.3 is 0 Å². The first kappa shape index (κ1) is 30.9. The highest BCUT2D eigenvalue weighted by molar-refractivity contribution is 5.96. The van der Waals surface area contributed by atoms with E-state index < -0.39 is 12.2 Å². The fourth-order valence-corrected chi connectivity index (χ4v) is 5.53. The van der Waals surface area contributed by atoms with Gasteiger partial charge in [-0.05, 0) is 37.5 Å². The standard InChI is InChI=1S/C36H48O5/c1-3-5-7-10-16-27(37)25-39-35-31-20-14-15-21-32(31)36(40-26-28(38)17-11-8-6-4-2)34-24-30(22-23-33(34)35)41-29-18-12-9-13-19-29/h9,12-15,18-22,27-28,37-38H,3-8,10-11,16-17,23-26H2,1-2H3. The van der Waals surface area contributed by atoms with Gasteiger partial charge in [-0.15, -0.1) is 0 Å². The average molecular weight is 561 g/mol. The van der Waals surface area contributed by atoms with Crippen LogP contribution in [0, 0.1) is 0 Å². The lowest BCUT2D eigenvalue weighted by Gasteiger charge is -2.26. The summed E-state index contributed by atoms with van der Waals surface area (Å²) in [4.78, 5) is 0. The smallest absolute Gasteiger partial charge is 0.131 e. The number of hydrogen-bond acceptors (Lipinski definition) is 5. The minimum absolute atomic E-state index is 0.248. The van der Waals surface area contributed by atoms with E-state index in [9.17, 15) is 10.2 Å². The SMILES string of the molecule is CCCCCCC(O)COc1c2c(c(OCC(O)CCCCCC)c3ccccc13)CC(Oc1ccccc1)=CC2. The molecule has 0 saturated heterocycles. The van der Waals surface area contributed by atoms with Crippen LogP contribution in [0.25, 0.3) is 10.8 Å². The Kier molecular flexibility index (Phi) is 12.4. The maximum atomic E-state index is 10.7. The number of aliphatic hydroxyl groups is 2. The summed E-state index contributed by atoms with van der Waals surface area (Å²) in [7, 11) is 0. The molecule has 0 bridgehead atoms. The van der Waals surface area contributed by atoms with Crippen molar-refractivity contribution in [2.45, 2.75) is 103 Å². The van der Waals surface area contributed by atoms with Crippen molar-refractivity contribution in [3.63, 3.8) is 0 Å². The van der Waals surface area contributed by atoms with Gasteiger partial charge in [-0.1, -0.05) is 108 Å². The van der Waals surface area contributed by atoms with Gasteiger partial charge < -0.3 is 24.4 Å². The Hall–Kier alpha value is -3.02. The quantitative estimate of drug-likeness (QED) is 0.153. The van der Waals surface area contributed by atoms with E-state index in [1.807, 2.05) is 42.5 Å². The first-order valence-corrected chi connectivity index (χ1v) is 15.7. The van der Waals surface area contributed by atoms with E-state index in [0.29, 0.717) is 12.8 Å².